The molecule has 0 radical (unpaired) electrons. The van der Waals surface area contributed by atoms with Crippen molar-refractivity contribution >= 4 is 0 Å². The summed E-state index contributed by atoms with van der Waals surface area (Å²) in [5.74, 6) is 3.23. The van der Waals surface area contributed by atoms with Crippen LogP contribution in [0.5, 0.6) is 0 Å². The summed E-state index contributed by atoms with van der Waals surface area (Å²) < 4.78 is 38.3. The number of halogens is 3. The van der Waals surface area contributed by atoms with Crippen molar-refractivity contribution in [3.05, 3.63) is 35.4 Å². The third-order valence-corrected chi connectivity index (χ3v) is 8.22. The van der Waals surface area contributed by atoms with E-state index in [1.54, 1.807) is 12.1 Å². The minimum absolute atomic E-state index is 0.450. The van der Waals surface area contributed by atoms with Crippen LogP contribution >= 0.6 is 0 Å². The number of alkyl halides is 3. The van der Waals surface area contributed by atoms with Crippen LogP contribution in [0.1, 0.15) is 127 Å². The summed E-state index contributed by atoms with van der Waals surface area (Å²) in [7, 11) is 0. The first kappa shape index (κ1) is 24.6. The summed E-state index contributed by atoms with van der Waals surface area (Å²) in [6.07, 6.45) is 17.6. The van der Waals surface area contributed by atoms with E-state index in [-0.39, 0.29) is 0 Å². The van der Waals surface area contributed by atoms with Gasteiger partial charge in [0.1, 0.15) is 0 Å². The van der Waals surface area contributed by atoms with E-state index in [1.165, 1.54) is 102 Å². The van der Waals surface area contributed by atoms with Crippen LogP contribution in [0.2, 0.25) is 0 Å². The van der Waals surface area contributed by atoms with Gasteiger partial charge in [-0.2, -0.15) is 13.2 Å². The minimum Gasteiger partial charge on any atom is -0.166 e. The second kappa shape index (κ2) is 12.3. The van der Waals surface area contributed by atoms with E-state index in [4.69, 9.17) is 0 Å². The molecule has 31 heavy (non-hydrogen) atoms. The molecule has 0 saturated heterocycles. The monoisotopic (exact) mass is 436 g/mol. The lowest BCUT2D eigenvalue weighted by atomic mass is 9.74. The SMILES string of the molecule is CCCCCCCC1CCC(CCC2CCC(c3ccc(C(F)(F)F)cc3)CC2)CC1. The molecule has 0 unspecified atom stereocenters. The molecule has 0 aliphatic heterocycles. The summed E-state index contributed by atoms with van der Waals surface area (Å²) in [6.45, 7) is 2.28. The smallest absolute Gasteiger partial charge is 0.166 e. The minimum atomic E-state index is -4.23. The molecule has 3 heteroatoms. The van der Waals surface area contributed by atoms with Gasteiger partial charge in [0, 0.05) is 0 Å². The van der Waals surface area contributed by atoms with E-state index < -0.39 is 11.7 Å². The molecular weight excluding hydrogens is 393 g/mol. The molecule has 2 fully saturated rings. The molecule has 3 rings (SSSR count). The molecule has 0 N–H and O–H groups in total. The largest absolute Gasteiger partial charge is 0.416 e. The Kier molecular flexibility index (Phi) is 9.78. The normalized spacial score (nSPS) is 27.4. The van der Waals surface area contributed by atoms with E-state index >= 15 is 0 Å². The van der Waals surface area contributed by atoms with E-state index in [9.17, 15) is 13.2 Å². The predicted octanol–water partition coefficient (Wildman–Crippen LogP) is 9.93. The number of unbranched alkanes of at least 4 members (excludes halogenated alkanes) is 4. The maximum Gasteiger partial charge on any atom is 0.416 e. The maximum atomic E-state index is 12.8. The topological polar surface area (TPSA) is 0 Å². The zero-order valence-corrected chi connectivity index (χ0v) is 19.6. The highest BCUT2D eigenvalue weighted by molar-refractivity contribution is 5.27. The van der Waals surface area contributed by atoms with E-state index in [2.05, 4.69) is 6.92 Å². The average Bonchev–Trinajstić information content (AvgIpc) is 2.78. The van der Waals surface area contributed by atoms with Gasteiger partial charge in [0.2, 0.25) is 0 Å². The fraction of sp³-hybridized carbons (Fsp3) is 0.786. The van der Waals surface area contributed by atoms with Crippen molar-refractivity contribution in [2.45, 2.75) is 122 Å². The molecule has 0 nitrogen and oxygen atoms in total. The van der Waals surface area contributed by atoms with Crippen molar-refractivity contribution in [3.8, 4) is 0 Å². The number of hydrogen-bond acceptors (Lipinski definition) is 0. The Labute approximate surface area is 188 Å². The molecule has 176 valence electrons. The predicted molar refractivity (Wildman–Crippen MR) is 124 cm³/mol. The number of benzene rings is 1. The lowest BCUT2D eigenvalue weighted by molar-refractivity contribution is -0.137. The molecule has 0 aromatic heterocycles. The van der Waals surface area contributed by atoms with Crippen molar-refractivity contribution in [1.29, 1.82) is 0 Å². The van der Waals surface area contributed by atoms with Crippen molar-refractivity contribution in [1.82, 2.24) is 0 Å². The van der Waals surface area contributed by atoms with Gasteiger partial charge in [-0.05, 0) is 67.1 Å². The summed E-state index contributed by atoms with van der Waals surface area (Å²) in [5, 5.41) is 0. The maximum absolute atomic E-state index is 12.8. The molecule has 0 amide bonds. The zero-order chi connectivity index (χ0) is 22.1. The van der Waals surface area contributed by atoms with E-state index in [0.29, 0.717) is 5.92 Å². The Balaban J connectivity index is 1.29. The van der Waals surface area contributed by atoms with Crippen LogP contribution in [-0.2, 0) is 6.18 Å². The summed E-state index contributed by atoms with van der Waals surface area (Å²) in [4.78, 5) is 0. The van der Waals surface area contributed by atoms with Gasteiger partial charge in [0.05, 0.1) is 5.56 Å². The lowest BCUT2D eigenvalue weighted by Crippen LogP contribution is -2.18. The fourth-order valence-corrected chi connectivity index (χ4v) is 6.05. The van der Waals surface area contributed by atoms with Crippen molar-refractivity contribution in [3.63, 3.8) is 0 Å². The van der Waals surface area contributed by atoms with E-state index in [1.807, 2.05) is 0 Å². The molecule has 2 saturated carbocycles. The van der Waals surface area contributed by atoms with Crippen LogP contribution in [0.3, 0.4) is 0 Å². The lowest BCUT2D eigenvalue weighted by Gasteiger charge is -2.32. The average molecular weight is 437 g/mol. The molecule has 0 heterocycles. The van der Waals surface area contributed by atoms with Gasteiger partial charge in [-0.1, -0.05) is 96.1 Å². The first-order valence-corrected chi connectivity index (χ1v) is 13.1. The van der Waals surface area contributed by atoms with Gasteiger partial charge >= 0.3 is 6.18 Å². The Morgan fingerprint density at radius 2 is 1.13 bits per heavy atom. The van der Waals surface area contributed by atoms with Gasteiger partial charge in [0.25, 0.3) is 0 Å². The highest BCUT2D eigenvalue weighted by Crippen LogP contribution is 2.41. The summed E-state index contributed by atoms with van der Waals surface area (Å²) in [6, 6.07) is 5.91. The molecule has 1 aromatic rings. The molecular formula is C28H43F3. The van der Waals surface area contributed by atoms with Crippen LogP contribution in [0.25, 0.3) is 0 Å². The number of rotatable bonds is 10. The van der Waals surface area contributed by atoms with Gasteiger partial charge in [-0.15, -0.1) is 0 Å². The van der Waals surface area contributed by atoms with Gasteiger partial charge in [-0.25, -0.2) is 0 Å². The van der Waals surface area contributed by atoms with Gasteiger partial charge < -0.3 is 0 Å². The third-order valence-electron chi connectivity index (χ3n) is 8.22. The first-order chi connectivity index (χ1) is 15.0. The Morgan fingerprint density at radius 1 is 0.645 bits per heavy atom. The highest BCUT2D eigenvalue weighted by Gasteiger charge is 2.31. The van der Waals surface area contributed by atoms with Crippen molar-refractivity contribution < 1.29 is 13.2 Å². The highest BCUT2D eigenvalue weighted by atomic mass is 19.4. The van der Waals surface area contributed by atoms with Crippen LogP contribution in [0, 0.1) is 17.8 Å². The molecule has 1 aromatic carbocycles. The summed E-state index contributed by atoms with van der Waals surface area (Å²) in [5.41, 5.74) is 0.565. The second-order valence-corrected chi connectivity index (χ2v) is 10.5. The standard InChI is InChI=1S/C28H43F3/c1-2-3-4-5-6-7-22-8-10-23(11-9-22)12-13-24-14-16-25(17-15-24)26-18-20-27(21-19-26)28(29,30)31/h18-25H,2-17H2,1H3. The van der Waals surface area contributed by atoms with Crippen molar-refractivity contribution in [2.24, 2.45) is 17.8 Å². The quantitative estimate of drug-likeness (QED) is 0.320. The van der Waals surface area contributed by atoms with Gasteiger partial charge in [-0.3, -0.25) is 0 Å². The molecule has 2 aliphatic carbocycles. The van der Waals surface area contributed by atoms with Crippen LogP contribution in [0.4, 0.5) is 13.2 Å². The Hall–Kier alpha value is -0.990. The number of hydrogen-bond donors (Lipinski definition) is 0. The van der Waals surface area contributed by atoms with Crippen molar-refractivity contribution in [2.75, 3.05) is 0 Å². The summed E-state index contributed by atoms with van der Waals surface area (Å²) >= 11 is 0. The first-order valence-electron chi connectivity index (χ1n) is 13.1. The Bertz CT molecular complexity index is 602. The second-order valence-electron chi connectivity index (χ2n) is 10.5. The zero-order valence-electron chi connectivity index (χ0n) is 19.6. The molecule has 2 aliphatic rings. The molecule has 0 spiro atoms. The van der Waals surface area contributed by atoms with Gasteiger partial charge in [0.15, 0.2) is 0 Å². The van der Waals surface area contributed by atoms with Crippen LogP contribution < -0.4 is 0 Å². The molecule has 0 bridgehead atoms. The fourth-order valence-electron chi connectivity index (χ4n) is 6.05. The van der Waals surface area contributed by atoms with Crippen LogP contribution in [0.15, 0.2) is 24.3 Å². The molecule has 0 atom stereocenters. The van der Waals surface area contributed by atoms with E-state index in [0.717, 1.165) is 36.2 Å². The van der Waals surface area contributed by atoms with Crippen LogP contribution in [-0.4, -0.2) is 0 Å². The Morgan fingerprint density at radius 3 is 1.65 bits per heavy atom. The third kappa shape index (κ3) is 8.13.